The number of nitrogens with zero attached hydrogens (tertiary/aromatic N) is 3. The van der Waals surface area contributed by atoms with Crippen LogP contribution in [0.4, 0.5) is 17.1 Å². The minimum atomic E-state index is -0.309. The molecule has 1 N–H and O–H groups in total. The second-order valence-electron chi connectivity index (χ2n) is 16.2. The van der Waals surface area contributed by atoms with Gasteiger partial charge in [-0.3, -0.25) is 0 Å². The van der Waals surface area contributed by atoms with Crippen LogP contribution in [-0.2, 0) is 0 Å². The number of hydrogen-bond donors (Lipinski definition) is 1. The lowest BCUT2D eigenvalue weighted by atomic mass is 9.97. The van der Waals surface area contributed by atoms with Crippen molar-refractivity contribution in [2.75, 3.05) is 4.90 Å². The lowest BCUT2D eigenvalue weighted by molar-refractivity contribution is 0.669. The fourth-order valence-electron chi connectivity index (χ4n) is 9.19. The molecule has 302 valence electrons. The summed E-state index contributed by atoms with van der Waals surface area (Å²) in [5.74, 6) is 1.47. The van der Waals surface area contributed by atoms with Gasteiger partial charge in [0.05, 0.1) is 0 Å². The number of anilines is 3. The zero-order valence-corrected chi connectivity index (χ0v) is 34.8. The molecule has 0 saturated heterocycles. The van der Waals surface area contributed by atoms with Crippen LogP contribution >= 0.6 is 0 Å². The molecule has 12 rings (SSSR count). The van der Waals surface area contributed by atoms with Crippen LogP contribution in [0, 0.1) is 0 Å². The molecule has 0 aliphatic carbocycles. The summed E-state index contributed by atoms with van der Waals surface area (Å²) in [6.45, 7) is 0. The standard InChI is InChI=1S/C59H40N4O/c1-3-15-39(16-4-1)44-23-12-26-47(36-44)63(48-32-31-40-17-7-8-21-43(40)37-48)49-33-34-53-55(38-49)64-54-30-14-28-51(56(53)54)45-24-11-25-46(35-45)58-60-57(42-19-5-2-6-20-42)61-59(62-58)52-29-13-22-41-18-9-10-27-50(41)52/h1-38,57H,(H,60,61,62). The average molecular weight is 821 g/mol. The minimum Gasteiger partial charge on any atom is -0.456 e. The van der Waals surface area contributed by atoms with Crippen LogP contribution < -0.4 is 10.2 Å². The number of nitrogens with one attached hydrogen (secondary N) is 1. The van der Waals surface area contributed by atoms with E-state index in [1.807, 2.05) is 6.07 Å². The Labute approximate surface area is 370 Å². The van der Waals surface area contributed by atoms with Crippen LogP contribution in [0.1, 0.15) is 22.9 Å². The Morgan fingerprint density at radius 1 is 0.406 bits per heavy atom. The van der Waals surface area contributed by atoms with Crippen molar-refractivity contribution in [1.82, 2.24) is 5.32 Å². The highest BCUT2D eigenvalue weighted by Gasteiger charge is 2.23. The molecule has 1 aliphatic rings. The SMILES string of the molecule is c1ccc(-c2cccc(N(c3ccc4ccccc4c3)c3ccc4c(c3)oc3cccc(-c5cccc(C6=NC(c7cccc8ccccc78)=NC(c7ccccc7)N6)c5)c34)c2)cc1. The van der Waals surface area contributed by atoms with Gasteiger partial charge in [-0.2, -0.15) is 0 Å². The summed E-state index contributed by atoms with van der Waals surface area (Å²) in [7, 11) is 0. The topological polar surface area (TPSA) is 53.1 Å². The Morgan fingerprint density at radius 2 is 1.05 bits per heavy atom. The predicted molar refractivity (Wildman–Crippen MR) is 266 cm³/mol. The largest absolute Gasteiger partial charge is 0.456 e. The number of aliphatic imine (C=N–C) groups is 2. The molecule has 1 aliphatic heterocycles. The molecule has 2 heterocycles. The van der Waals surface area contributed by atoms with E-state index in [-0.39, 0.29) is 6.17 Å². The van der Waals surface area contributed by atoms with Crippen LogP contribution in [0.25, 0.3) is 65.7 Å². The van der Waals surface area contributed by atoms with Crippen LogP contribution in [0.15, 0.2) is 245 Å². The first-order chi connectivity index (χ1) is 31.7. The van der Waals surface area contributed by atoms with E-state index in [1.54, 1.807) is 0 Å². The molecular formula is C59H40N4O. The predicted octanol–water partition coefficient (Wildman–Crippen LogP) is 15.2. The van der Waals surface area contributed by atoms with E-state index < -0.39 is 0 Å². The second kappa shape index (κ2) is 15.7. The normalized spacial score (nSPS) is 13.8. The number of furan rings is 1. The molecule has 1 aromatic heterocycles. The Morgan fingerprint density at radius 3 is 1.94 bits per heavy atom. The molecule has 64 heavy (non-hydrogen) atoms. The van der Waals surface area contributed by atoms with Gasteiger partial charge in [0, 0.05) is 45.0 Å². The fourth-order valence-corrected chi connectivity index (χ4v) is 9.19. The van der Waals surface area contributed by atoms with Crippen molar-refractivity contribution < 1.29 is 4.42 Å². The number of fused-ring (bicyclic) bond motifs is 5. The summed E-state index contributed by atoms with van der Waals surface area (Å²) in [4.78, 5) is 12.7. The summed E-state index contributed by atoms with van der Waals surface area (Å²) in [6.07, 6.45) is -0.309. The van der Waals surface area contributed by atoms with E-state index >= 15 is 0 Å². The lowest BCUT2D eigenvalue weighted by Crippen LogP contribution is -2.33. The lowest BCUT2D eigenvalue weighted by Gasteiger charge is -2.26. The van der Waals surface area contributed by atoms with Crippen LogP contribution in [0.3, 0.4) is 0 Å². The molecule has 0 radical (unpaired) electrons. The average Bonchev–Trinajstić information content (AvgIpc) is 3.75. The van der Waals surface area contributed by atoms with Crippen molar-refractivity contribution >= 4 is 72.2 Å². The van der Waals surface area contributed by atoms with Gasteiger partial charge in [-0.25, -0.2) is 9.98 Å². The van der Waals surface area contributed by atoms with Gasteiger partial charge in [-0.05, 0) is 97.9 Å². The Kier molecular flexibility index (Phi) is 9.16. The fraction of sp³-hybridized carbons (Fsp3) is 0.0169. The van der Waals surface area contributed by atoms with Gasteiger partial charge in [-0.15, -0.1) is 0 Å². The van der Waals surface area contributed by atoms with E-state index in [2.05, 4.69) is 235 Å². The van der Waals surface area contributed by atoms with Crippen molar-refractivity contribution in [3.05, 3.63) is 247 Å². The maximum absolute atomic E-state index is 6.77. The Balaban J connectivity index is 0.958. The molecule has 10 aromatic carbocycles. The highest BCUT2D eigenvalue weighted by Crippen LogP contribution is 2.43. The van der Waals surface area contributed by atoms with Crippen LogP contribution in [0.2, 0.25) is 0 Å². The molecule has 5 nitrogen and oxygen atoms in total. The summed E-state index contributed by atoms with van der Waals surface area (Å²) in [6, 6.07) is 81.2. The van der Waals surface area contributed by atoms with E-state index in [4.69, 9.17) is 14.4 Å². The molecule has 0 amide bonds. The van der Waals surface area contributed by atoms with E-state index in [9.17, 15) is 0 Å². The smallest absolute Gasteiger partial charge is 0.160 e. The maximum atomic E-state index is 6.77. The molecule has 0 bridgehead atoms. The van der Waals surface area contributed by atoms with E-state index in [0.29, 0.717) is 5.84 Å². The number of hydrogen-bond acceptors (Lipinski definition) is 5. The van der Waals surface area contributed by atoms with Gasteiger partial charge in [-0.1, -0.05) is 176 Å². The van der Waals surface area contributed by atoms with Gasteiger partial charge in [0.15, 0.2) is 5.84 Å². The first kappa shape index (κ1) is 37.2. The summed E-state index contributed by atoms with van der Waals surface area (Å²) in [5.41, 5.74) is 12.3. The molecule has 0 fully saturated rings. The van der Waals surface area contributed by atoms with Gasteiger partial charge in [0.2, 0.25) is 0 Å². The van der Waals surface area contributed by atoms with Crippen molar-refractivity contribution in [2.45, 2.75) is 6.17 Å². The van der Waals surface area contributed by atoms with Crippen molar-refractivity contribution in [2.24, 2.45) is 9.98 Å². The number of amidine groups is 2. The Hall–Kier alpha value is -8.54. The number of rotatable bonds is 8. The van der Waals surface area contributed by atoms with Gasteiger partial charge >= 0.3 is 0 Å². The van der Waals surface area contributed by atoms with Crippen molar-refractivity contribution in [1.29, 1.82) is 0 Å². The van der Waals surface area contributed by atoms with Crippen molar-refractivity contribution in [3.63, 3.8) is 0 Å². The van der Waals surface area contributed by atoms with Gasteiger partial charge in [0.25, 0.3) is 0 Å². The number of benzene rings is 10. The van der Waals surface area contributed by atoms with Crippen molar-refractivity contribution in [3.8, 4) is 22.3 Å². The third kappa shape index (κ3) is 6.77. The van der Waals surface area contributed by atoms with Crippen LogP contribution in [0.5, 0.6) is 0 Å². The highest BCUT2D eigenvalue weighted by atomic mass is 16.3. The monoisotopic (exact) mass is 820 g/mol. The molecular weight excluding hydrogens is 781 g/mol. The maximum Gasteiger partial charge on any atom is 0.160 e. The Bertz CT molecular complexity index is 3600. The molecule has 0 spiro atoms. The van der Waals surface area contributed by atoms with E-state index in [0.717, 1.165) is 89.0 Å². The summed E-state index contributed by atoms with van der Waals surface area (Å²) in [5, 5.41) is 10.5. The van der Waals surface area contributed by atoms with Gasteiger partial charge in [0.1, 0.15) is 23.2 Å². The minimum absolute atomic E-state index is 0.309. The highest BCUT2D eigenvalue weighted by molar-refractivity contribution is 6.18. The first-order valence-corrected chi connectivity index (χ1v) is 21.7. The molecule has 1 unspecified atom stereocenters. The molecule has 5 heteroatoms. The third-order valence-corrected chi connectivity index (χ3v) is 12.3. The quantitative estimate of drug-likeness (QED) is 0.166. The third-order valence-electron chi connectivity index (χ3n) is 12.3. The zero-order chi connectivity index (χ0) is 42.4. The zero-order valence-electron chi connectivity index (χ0n) is 34.8. The van der Waals surface area contributed by atoms with E-state index in [1.165, 1.54) is 16.3 Å². The second-order valence-corrected chi connectivity index (χ2v) is 16.2. The first-order valence-electron chi connectivity index (χ1n) is 21.7. The van der Waals surface area contributed by atoms with Gasteiger partial charge < -0.3 is 14.6 Å². The summed E-state index contributed by atoms with van der Waals surface area (Å²) < 4.78 is 6.77. The molecule has 0 saturated carbocycles. The molecule has 1 atom stereocenters. The van der Waals surface area contributed by atoms with Crippen LogP contribution in [-0.4, -0.2) is 11.7 Å². The molecule has 11 aromatic rings. The summed E-state index contributed by atoms with van der Waals surface area (Å²) >= 11 is 0.